The van der Waals surface area contributed by atoms with Crippen molar-refractivity contribution in [3.63, 3.8) is 0 Å². The Bertz CT molecular complexity index is 1070. The van der Waals surface area contributed by atoms with Crippen LogP contribution in [0.15, 0.2) is 53.3 Å². The third kappa shape index (κ3) is 3.64. The number of non-ortho nitro benzene ring substituents is 1. The Morgan fingerprint density at radius 1 is 1.28 bits per heavy atom. The highest BCUT2D eigenvalue weighted by atomic mass is 32.1. The summed E-state index contributed by atoms with van der Waals surface area (Å²) in [7, 11) is 1.70. The highest BCUT2D eigenvalue weighted by molar-refractivity contribution is 7.16. The van der Waals surface area contributed by atoms with Gasteiger partial charge in [-0.3, -0.25) is 19.7 Å². The maximum atomic E-state index is 12.0. The van der Waals surface area contributed by atoms with Gasteiger partial charge in [-0.25, -0.2) is 0 Å². The fourth-order valence-corrected chi connectivity index (χ4v) is 3.23. The van der Waals surface area contributed by atoms with Gasteiger partial charge in [0, 0.05) is 30.9 Å². The smallest absolute Gasteiger partial charge is 0.307 e. The van der Waals surface area contributed by atoms with Gasteiger partial charge >= 0.3 is 4.87 Å². The zero-order chi connectivity index (χ0) is 18.0. The van der Waals surface area contributed by atoms with Crippen molar-refractivity contribution < 1.29 is 9.72 Å². The minimum Gasteiger partial charge on any atom is -0.322 e. The Morgan fingerprint density at radius 3 is 2.84 bits per heavy atom. The van der Waals surface area contributed by atoms with Crippen molar-refractivity contribution in [2.75, 3.05) is 5.32 Å². The van der Waals surface area contributed by atoms with Crippen molar-refractivity contribution in [2.24, 2.45) is 7.05 Å². The van der Waals surface area contributed by atoms with Crippen LogP contribution in [-0.2, 0) is 11.8 Å². The van der Waals surface area contributed by atoms with Crippen molar-refractivity contribution in [2.45, 2.75) is 0 Å². The maximum absolute atomic E-state index is 12.0. The number of rotatable bonds is 4. The molecule has 0 bridgehead atoms. The molecule has 126 valence electrons. The van der Waals surface area contributed by atoms with Crippen LogP contribution in [0.3, 0.4) is 0 Å². The lowest BCUT2D eigenvalue weighted by Gasteiger charge is -2.02. The monoisotopic (exact) mass is 355 g/mol. The number of amides is 1. The number of carbonyl (C=O) groups excluding carboxylic acids is 1. The first-order valence-corrected chi connectivity index (χ1v) is 8.09. The van der Waals surface area contributed by atoms with Gasteiger partial charge in [0.15, 0.2) is 0 Å². The number of carbonyl (C=O) groups is 1. The van der Waals surface area contributed by atoms with Crippen LogP contribution in [0.2, 0.25) is 0 Å². The number of fused-ring (bicyclic) bond motifs is 1. The van der Waals surface area contributed by atoms with Gasteiger partial charge in [-0.2, -0.15) is 0 Å². The number of nitrogens with zero attached hydrogens (tertiary/aromatic N) is 2. The van der Waals surface area contributed by atoms with E-state index in [1.807, 2.05) is 0 Å². The van der Waals surface area contributed by atoms with Crippen LogP contribution in [0.1, 0.15) is 5.56 Å². The maximum Gasteiger partial charge on any atom is 0.307 e. The molecular weight excluding hydrogens is 342 g/mol. The van der Waals surface area contributed by atoms with E-state index in [4.69, 9.17) is 0 Å². The lowest BCUT2D eigenvalue weighted by atomic mass is 10.2. The van der Waals surface area contributed by atoms with Crippen molar-refractivity contribution >= 4 is 44.9 Å². The molecule has 25 heavy (non-hydrogen) atoms. The van der Waals surface area contributed by atoms with E-state index in [1.165, 1.54) is 24.3 Å². The van der Waals surface area contributed by atoms with Gasteiger partial charge in [-0.05, 0) is 29.8 Å². The molecule has 0 spiro atoms. The van der Waals surface area contributed by atoms with Gasteiger partial charge in [0.25, 0.3) is 5.69 Å². The number of anilines is 1. The van der Waals surface area contributed by atoms with Gasteiger partial charge < -0.3 is 9.88 Å². The molecule has 0 fully saturated rings. The summed E-state index contributed by atoms with van der Waals surface area (Å²) < 4.78 is 2.33. The third-order valence-electron chi connectivity index (χ3n) is 3.57. The second-order valence-electron chi connectivity index (χ2n) is 5.28. The second kappa shape index (κ2) is 6.70. The number of thiazole rings is 1. The van der Waals surface area contributed by atoms with Crippen molar-refractivity contribution in [1.82, 2.24) is 4.57 Å². The van der Waals surface area contributed by atoms with Crippen LogP contribution in [-0.4, -0.2) is 15.4 Å². The summed E-state index contributed by atoms with van der Waals surface area (Å²) in [5.41, 5.74) is 1.90. The van der Waals surface area contributed by atoms with E-state index in [0.717, 1.165) is 21.6 Å². The zero-order valence-corrected chi connectivity index (χ0v) is 13.9. The molecule has 0 saturated heterocycles. The largest absolute Gasteiger partial charge is 0.322 e. The van der Waals surface area contributed by atoms with E-state index < -0.39 is 4.92 Å². The van der Waals surface area contributed by atoms with E-state index >= 15 is 0 Å². The molecule has 2 aromatic carbocycles. The first-order valence-electron chi connectivity index (χ1n) is 7.27. The van der Waals surface area contributed by atoms with E-state index in [-0.39, 0.29) is 16.5 Å². The summed E-state index contributed by atoms with van der Waals surface area (Å²) in [6, 6.07) is 11.2. The van der Waals surface area contributed by atoms with Gasteiger partial charge in [-0.15, -0.1) is 0 Å². The fraction of sp³-hybridized carbons (Fsp3) is 0.0588. The predicted molar refractivity (Wildman–Crippen MR) is 97.8 cm³/mol. The number of aromatic nitrogens is 1. The van der Waals surface area contributed by atoms with E-state index in [9.17, 15) is 19.7 Å². The molecule has 1 N–H and O–H groups in total. The number of nitro groups is 1. The molecule has 0 aliphatic carbocycles. The van der Waals surface area contributed by atoms with Gasteiger partial charge in [0.05, 0.1) is 15.1 Å². The molecule has 3 aromatic rings. The fourth-order valence-electron chi connectivity index (χ4n) is 2.31. The number of nitrogens with one attached hydrogen (secondary N) is 1. The summed E-state index contributed by atoms with van der Waals surface area (Å²) in [6.45, 7) is 0. The SMILES string of the molecule is Cn1c(=O)sc2cc(NC(=O)/C=C/c3cccc([N+](=O)[O-])c3)ccc21. The molecule has 1 heterocycles. The van der Waals surface area contributed by atoms with E-state index in [1.54, 1.807) is 41.9 Å². The van der Waals surface area contributed by atoms with Crippen molar-refractivity contribution in [3.05, 3.63) is 73.9 Å². The van der Waals surface area contributed by atoms with Gasteiger partial charge in [-0.1, -0.05) is 23.5 Å². The Balaban J connectivity index is 1.75. The minimum atomic E-state index is -0.488. The van der Waals surface area contributed by atoms with Gasteiger partial charge in [0.2, 0.25) is 5.91 Å². The first kappa shape index (κ1) is 16.6. The summed E-state index contributed by atoms with van der Waals surface area (Å²) >= 11 is 1.11. The average molecular weight is 355 g/mol. The molecule has 8 heteroatoms. The zero-order valence-electron chi connectivity index (χ0n) is 13.1. The minimum absolute atomic E-state index is 0.0352. The lowest BCUT2D eigenvalue weighted by molar-refractivity contribution is -0.384. The number of aryl methyl sites for hydroxylation is 1. The molecule has 0 aliphatic rings. The average Bonchev–Trinajstić information content (AvgIpc) is 2.87. The van der Waals surface area contributed by atoms with Crippen LogP contribution in [0.25, 0.3) is 16.3 Å². The Labute approximate surface area is 146 Å². The van der Waals surface area contributed by atoms with Crippen molar-refractivity contribution in [1.29, 1.82) is 0 Å². The summed E-state index contributed by atoms with van der Waals surface area (Å²) in [4.78, 5) is 33.8. The van der Waals surface area contributed by atoms with E-state index in [0.29, 0.717) is 11.3 Å². The molecule has 0 saturated carbocycles. The standard InChI is InChI=1S/C17H13N3O4S/c1-19-14-7-6-12(10-15(14)25-17(19)22)18-16(21)8-5-11-3-2-4-13(9-11)20(23)24/h2-10H,1H3,(H,18,21)/b8-5+. The number of hydrogen-bond donors (Lipinski definition) is 1. The topological polar surface area (TPSA) is 94.2 Å². The highest BCUT2D eigenvalue weighted by Gasteiger charge is 2.07. The third-order valence-corrected chi connectivity index (χ3v) is 4.56. The summed E-state index contributed by atoms with van der Waals surface area (Å²) in [6.07, 6.45) is 2.80. The molecular formula is C17H13N3O4S. The normalized spacial score (nSPS) is 11.1. The van der Waals surface area contributed by atoms with Crippen LogP contribution < -0.4 is 10.2 Å². The quantitative estimate of drug-likeness (QED) is 0.442. The Kier molecular flexibility index (Phi) is 4.44. The molecule has 7 nitrogen and oxygen atoms in total. The number of benzene rings is 2. The Hall–Kier alpha value is -3.26. The first-order chi connectivity index (χ1) is 11.9. The second-order valence-corrected chi connectivity index (χ2v) is 6.28. The van der Waals surface area contributed by atoms with Crippen LogP contribution >= 0.6 is 11.3 Å². The Morgan fingerprint density at radius 2 is 2.08 bits per heavy atom. The number of hydrogen-bond acceptors (Lipinski definition) is 5. The summed E-state index contributed by atoms with van der Waals surface area (Å²) in [5.74, 6) is -0.367. The highest BCUT2D eigenvalue weighted by Crippen LogP contribution is 2.21. The molecule has 0 unspecified atom stereocenters. The van der Waals surface area contributed by atoms with E-state index in [2.05, 4.69) is 5.32 Å². The molecule has 0 atom stereocenters. The summed E-state index contributed by atoms with van der Waals surface area (Å²) in [5, 5.41) is 13.5. The molecule has 1 amide bonds. The molecule has 3 rings (SSSR count). The van der Waals surface area contributed by atoms with Crippen LogP contribution in [0, 0.1) is 10.1 Å². The molecule has 0 radical (unpaired) electrons. The van der Waals surface area contributed by atoms with Crippen LogP contribution in [0.4, 0.5) is 11.4 Å². The lowest BCUT2D eigenvalue weighted by Crippen LogP contribution is -2.08. The molecule has 0 aliphatic heterocycles. The van der Waals surface area contributed by atoms with Crippen LogP contribution in [0.5, 0.6) is 0 Å². The number of nitro benzene ring substituents is 1. The van der Waals surface area contributed by atoms with Crippen molar-refractivity contribution in [3.8, 4) is 0 Å². The van der Waals surface area contributed by atoms with Gasteiger partial charge in [0.1, 0.15) is 0 Å². The molecule has 1 aromatic heterocycles. The predicted octanol–water partition coefficient (Wildman–Crippen LogP) is 3.16.